The average molecular weight is 291 g/mol. The van der Waals surface area contributed by atoms with Crippen LogP contribution in [0.3, 0.4) is 0 Å². The van der Waals surface area contributed by atoms with Crippen LogP contribution in [0, 0.1) is 5.92 Å². The SMILES string of the molecule is CC(C)C(=O)c1ccc(C(C)C(=O)NC(C)C(=O)O)cc1. The molecule has 0 aliphatic rings. The van der Waals surface area contributed by atoms with Gasteiger partial charge in [-0.1, -0.05) is 38.1 Å². The lowest BCUT2D eigenvalue weighted by Gasteiger charge is -2.15. The minimum absolute atomic E-state index is 0.0538. The van der Waals surface area contributed by atoms with Gasteiger partial charge < -0.3 is 10.4 Å². The Morgan fingerprint density at radius 3 is 1.95 bits per heavy atom. The molecule has 1 rings (SSSR count). The Bertz CT molecular complexity index is 534. The molecule has 0 aliphatic carbocycles. The van der Waals surface area contributed by atoms with Gasteiger partial charge in [0.2, 0.25) is 5.91 Å². The number of carbonyl (C=O) groups is 3. The van der Waals surface area contributed by atoms with Gasteiger partial charge in [0.1, 0.15) is 6.04 Å². The van der Waals surface area contributed by atoms with Crippen molar-refractivity contribution in [3.63, 3.8) is 0 Å². The molecule has 5 nitrogen and oxygen atoms in total. The molecule has 114 valence electrons. The molecule has 0 bridgehead atoms. The van der Waals surface area contributed by atoms with Crippen molar-refractivity contribution in [1.29, 1.82) is 0 Å². The van der Waals surface area contributed by atoms with Crippen molar-refractivity contribution in [2.24, 2.45) is 5.92 Å². The van der Waals surface area contributed by atoms with Crippen LogP contribution in [0.25, 0.3) is 0 Å². The summed E-state index contributed by atoms with van der Waals surface area (Å²) >= 11 is 0. The van der Waals surface area contributed by atoms with E-state index in [1.54, 1.807) is 31.2 Å². The van der Waals surface area contributed by atoms with Crippen LogP contribution in [0.4, 0.5) is 0 Å². The Labute approximate surface area is 124 Å². The number of hydrogen-bond donors (Lipinski definition) is 2. The van der Waals surface area contributed by atoms with Gasteiger partial charge >= 0.3 is 5.97 Å². The fourth-order valence-electron chi connectivity index (χ4n) is 1.82. The van der Waals surface area contributed by atoms with Gasteiger partial charge in [0.25, 0.3) is 0 Å². The first kappa shape index (κ1) is 16.9. The number of rotatable bonds is 6. The van der Waals surface area contributed by atoms with E-state index in [0.717, 1.165) is 5.56 Å². The van der Waals surface area contributed by atoms with Gasteiger partial charge in [-0.25, -0.2) is 0 Å². The molecule has 0 heterocycles. The van der Waals surface area contributed by atoms with Crippen molar-refractivity contribution >= 4 is 17.7 Å². The first-order valence-electron chi connectivity index (χ1n) is 6.91. The van der Waals surface area contributed by atoms with E-state index < -0.39 is 17.9 Å². The quantitative estimate of drug-likeness (QED) is 0.787. The molecule has 1 aromatic carbocycles. The lowest BCUT2D eigenvalue weighted by atomic mass is 9.95. The number of carboxylic acids is 1. The number of benzene rings is 1. The molecule has 2 N–H and O–H groups in total. The Morgan fingerprint density at radius 2 is 1.52 bits per heavy atom. The predicted molar refractivity (Wildman–Crippen MR) is 79.3 cm³/mol. The molecular formula is C16H21NO4. The molecule has 0 aromatic heterocycles. The molecule has 21 heavy (non-hydrogen) atoms. The molecule has 5 heteroatoms. The lowest BCUT2D eigenvalue weighted by Crippen LogP contribution is -2.40. The van der Waals surface area contributed by atoms with Crippen molar-refractivity contribution in [3.05, 3.63) is 35.4 Å². The molecule has 0 fully saturated rings. The van der Waals surface area contributed by atoms with Crippen LogP contribution in [0.2, 0.25) is 0 Å². The summed E-state index contributed by atoms with van der Waals surface area (Å²) in [6.45, 7) is 6.78. The first-order chi connectivity index (χ1) is 9.73. The standard InChI is InChI=1S/C16H21NO4/c1-9(2)14(18)13-7-5-12(6-8-13)10(3)15(19)17-11(4)16(20)21/h5-11H,1-4H3,(H,17,19)(H,20,21). The highest BCUT2D eigenvalue weighted by molar-refractivity contribution is 5.97. The minimum atomic E-state index is -1.08. The molecule has 0 radical (unpaired) electrons. The molecule has 1 aromatic rings. The van der Waals surface area contributed by atoms with Crippen molar-refractivity contribution in [2.45, 2.75) is 39.7 Å². The highest BCUT2D eigenvalue weighted by atomic mass is 16.4. The third-order valence-corrected chi connectivity index (χ3v) is 3.34. The van der Waals surface area contributed by atoms with E-state index in [0.29, 0.717) is 5.56 Å². The van der Waals surface area contributed by atoms with Crippen molar-refractivity contribution < 1.29 is 19.5 Å². The third kappa shape index (κ3) is 4.41. The Morgan fingerprint density at radius 1 is 1.00 bits per heavy atom. The Kier molecular flexibility index (Phi) is 5.64. The predicted octanol–water partition coefficient (Wildman–Crippen LogP) is 2.22. The fraction of sp³-hybridized carbons (Fsp3) is 0.438. The number of Topliss-reactive ketones (excluding diaryl/α,β-unsaturated/α-hetero) is 1. The fourth-order valence-corrected chi connectivity index (χ4v) is 1.82. The third-order valence-electron chi connectivity index (χ3n) is 3.34. The van der Waals surface area contributed by atoms with E-state index in [1.165, 1.54) is 6.92 Å². The number of hydrogen-bond acceptors (Lipinski definition) is 3. The van der Waals surface area contributed by atoms with E-state index in [2.05, 4.69) is 5.32 Å². The van der Waals surface area contributed by atoms with Gasteiger partial charge in [0.05, 0.1) is 5.92 Å². The normalized spacial score (nSPS) is 13.6. The molecule has 0 saturated carbocycles. The maximum Gasteiger partial charge on any atom is 0.325 e. The number of amides is 1. The number of carboxylic acid groups (broad SMARTS) is 1. The maximum atomic E-state index is 11.9. The molecule has 2 atom stereocenters. The topological polar surface area (TPSA) is 83.5 Å². The summed E-state index contributed by atoms with van der Waals surface area (Å²) in [7, 11) is 0. The van der Waals surface area contributed by atoms with Gasteiger partial charge in [0, 0.05) is 11.5 Å². The Hall–Kier alpha value is -2.17. The molecular weight excluding hydrogens is 270 g/mol. The summed E-state index contributed by atoms with van der Waals surface area (Å²) in [6.07, 6.45) is 0. The second-order valence-corrected chi connectivity index (χ2v) is 5.43. The summed E-state index contributed by atoms with van der Waals surface area (Å²) in [6, 6.07) is 5.92. The number of aliphatic carboxylic acids is 1. The lowest BCUT2D eigenvalue weighted by molar-refractivity contribution is -0.141. The van der Waals surface area contributed by atoms with Crippen molar-refractivity contribution in [3.8, 4) is 0 Å². The molecule has 0 aliphatic heterocycles. The van der Waals surface area contributed by atoms with Gasteiger partial charge in [-0.15, -0.1) is 0 Å². The highest BCUT2D eigenvalue weighted by Gasteiger charge is 2.20. The van der Waals surface area contributed by atoms with E-state index in [-0.39, 0.29) is 17.6 Å². The summed E-state index contributed by atoms with van der Waals surface area (Å²) in [5.41, 5.74) is 1.35. The smallest absolute Gasteiger partial charge is 0.325 e. The van der Waals surface area contributed by atoms with Crippen LogP contribution >= 0.6 is 0 Å². The summed E-state index contributed by atoms with van der Waals surface area (Å²) in [4.78, 5) is 34.5. The monoisotopic (exact) mass is 291 g/mol. The zero-order valence-electron chi connectivity index (χ0n) is 12.7. The molecule has 0 spiro atoms. The first-order valence-corrected chi connectivity index (χ1v) is 6.91. The van der Waals surface area contributed by atoms with Crippen LogP contribution < -0.4 is 5.32 Å². The second kappa shape index (κ2) is 7.02. The van der Waals surface area contributed by atoms with E-state index in [4.69, 9.17) is 5.11 Å². The van der Waals surface area contributed by atoms with Crippen LogP contribution in [-0.2, 0) is 9.59 Å². The van der Waals surface area contributed by atoms with Crippen LogP contribution in [0.15, 0.2) is 24.3 Å². The maximum absolute atomic E-state index is 11.9. The molecule has 1 amide bonds. The van der Waals surface area contributed by atoms with Crippen molar-refractivity contribution in [2.75, 3.05) is 0 Å². The van der Waals surface area contributed by atoms with Gasteiger partial charge in [-0.05, 0) is 19.4 Å². The van der Waals surface area contributed by atoms with Crippen LogP contribution in [-0.4, -0.2) is 28.8 Å². The Balaban J connectivity index is 2.79. The number of carbonyl (C=O) groups excluding carboxylic acids is 2. The second-order valence-electron chi connectivity index (χ2n) is 5.43. The molecule has 0 saturated heterocycles. The minimum Gasteiger partial charge on any atom is -0.480 e. The average Bonchev–Trinajstić information content (AvgIpc) is 2.45. The number of ketones is 1. The molecule has 2 unspecified atom stereocenters. The summed E-state index contributed by atoms with van der Waals surface area (Å²) in [5.74, 6) is -1.93. The summed E-state index contributed by atoms with van der Waals surface area (Å²) in [5, 5.41) is 11.2. The zero-order chi connectivity index (χ0) is 16.2. The van der Waals surface area contributed by atoms with Gasteiger partial charge in [-0.2, -0.15) is 0 Å². The van der Waals surface area contributed by atoms with Gasteiger partial charge in [-0.3, -0.25) is 14.4 Å². The highest BCUT2D eigenvalue weighted by Crippen LogP contribution is 2.18. The van der Waals surface area contributed by atoms with Crippen LogP contribution in [0.5, 0.6) is 0 Å². The van der Waals surface area contributed by atoms with Crippen molar-refractivity contribution in [1.82, 2.24) is 5.32 Å². The number of nitrogens with one attached hydrogen (secondary N) is 1. The van der Waals surface area contributed by atoms with E-state index in [9.17, 15) is 14.4 Å². The largest absolute Gasteiger partial charge is 0.480 e. The van der Waals surface area contributed by atoms with Crippen LogP contribution in [0.1, 0.15) is 49.5 Å². The van der Waals surface area contributed by atoms with E-state index >= 15 is 0 Å². The van der Waals surface area contributed by atoms with Gasteiger partial charge in [0.15, 0.2) is 5.78 Å². The zero-order valence-corrected chi connectivity index (χ0v) is 12.7. The summed E-state index contributed by atoms with van der Waals surface area (Å²) < 4.78 is 0. The van der Waals surface area contributed by atoms with E-state index in [1.807, 2.05) is 13.8 Å².